The summed E-state index contributed by atoms with van der Waals surface area (Å²) in [6.45, 7) is 4.01. The molecule has 0 unspecified atom stereocenters. The number of nitrogens with zero attached hydrogens (tertiary/aromatic N) is 5. The fourth-order valence-corrected chi connectivity index (χ4v) is 4.03. The first-order chi connectivity index (χ1) is 14.1. The Morgan fingerprint density at radius 3 is 2.72 bits per heavy atom. The van der Waals surface area contributed by atoms with Crippen molar-refractivity contribution in [2.24, 2.45) is 5.73 Å². The number of halogens is 1. The highest BCUT2D eigenvalue weighted by Crippen LogP contribution is 2.22. The molecule has 2 saturated heterocycles. The summed E-state index contributed by atoms with van der Waals surface area (Å²) >= 11 is 0. The molecule has 4 rings (SSSR count). The van der Waals surface area contributed by atoms with Crippen molar-refractivity contribution in [3.05, 3.63) is 53.6 Å². The van der Waals surface area contributed by atoms with E-state index >= 15 is 0 Å². The van der Waals surface area contributed by atoms with Crippen LogP contribution in [-0.2, 0) is 11.3 Å². The molecule has 154 valence electrons. The molecule has 7 nitrogen and oxygen atoms in total. The summed E-state index contributed by atoms with van der Waals surface area (Å²) < 4.78 is 15.6. The number of hydrogen-bond acceptors (Lipinski definition) is 5. The van der Waals surface area contributed by atoms with Crippen molar-refractivity contribution in [1.82, 2.24) is 24.8 Å². The molecule has 3 heterocycles. The number of aromatic nitrogens is 3. The van der Waals surface area contributed by atoms with Crippen molar-refractivity contribution < 1.29 is 9.18 Å². The van der Waals surface area contributed by atoms with Gasteiger partial charge in [-0.25, -0.2) is 9.07 Å². The first-order valence-electron chi connectivity index (χ1n) is 10.2. The van der Waals surface area contributed by atoms with Gasteiger partial charge in [-0.05, 0) is 31.4 Å². The number of carbonyl (C=O) groups is 1. The van der Waals surface area contributed by atoms with Gasteiger partial charge in [-0.2, -0.15) is 0 Å². The number of likely N-dealkylation sites (tertiary alicyclic amines) is 2. The molecule has 2 N–H and O–H groups in total. The molecule has 0 saturated carbocycles. The minimum Gasteiger partial charge on any atom is -0.339 e. The Morgan fingerprint density at radius 2 is 2.00 bits per heavy atom. The van der Waals surface area contributed by atoms with E-state index in [0.29, 0.717) is 18.7 Å². The maximum absolute atomic E-state index is 13.7. The summed E-state index contributed by atoms with van der Waals surface area (Å²) in [7, 11) is 0. The lowest BCUT2D eigenvalue weighted by Gasteiger charge is -2.31. The van der Waals surface area contributed by atoms with E-state index in [0.717, 1.165) is 44.6 Å². The Labute approximate surface area is 170 Å². The van der Waals surface area contributed by atoms with Crippen LogP contribution in [0.4, 0.5) is 4.39 Å². The zero-order valence-corrected chi connectivity index (χ0v) is 16.5. The van der Waals surface area contributed by atoms with Crippen LogP contribution in [0.25, 0.3) is 6.08 Å². The first kappa shape index (κ1) is 19.7. The van der Waals surface area contributed by atoms with E-state index in [1.54, 1.807) is 23.1 Å². The monoisotopic (exact) mass is 398 g/mol. The van der Waals surface area contributed by atoms with Crippen LogP contribution in [0.2, 0.25) is 0 Å². The summed E-state index contributed by atoms with van der Waals surface area (Å²) in [5.41, 5.74) is 7.35. The number of benzene rings is 1. The van der Waals surface area contributed by atoms with Crippen molar-refractivity contribution in [2.45, 2.75) is 37.9 Å². The van der Waals surface area contributed by atoms with Gasteiger partial charge in [-0.3, -0.25) is 9.69 Å². The topological polar surface area (TPSA) is 80.3 Å². The summed E-state index contributed by atoms with van der Waals surface area (Å²) in [5.74, 6) is -0.412. The third-order valence-electron chi connectivity index (χ3n) is 5.71. The maximum Gasteiger partial charge on any atom is 0.246 e. The molecule has 1 aromatic carbocycles. The molecule has 0 radical (unpaired) electrons. The average molecular weight is 398 g/mol. The van der Waals surface area contributed by atoms with E-state index in [-0.39, 0.29) is 23.8 Å². The van der Waals surface area contributed by atoms with Gasteiger partial charge in [0, 0.05) is 50.4 Å². The number of carbonyl (C=O) groups excluding carboxylic acids is 1. The molecule has 2 aliphatic rings. The van der Waals surface area contributed by atoms with E-state index in [2.05, 4.69) is 15.2 Å². The fourth-order valence-electron chi connectivity index (χ4n) is 4.03. The van der Waals surface area contributed by atoms with Gasteiger partial charge in [0.25, 0.3) is 0 Å². The van der Waals surface area contributed by atoms with Gasteiger partial charge in [0.1, 0.15) is 5.82 Å². The second-order valence-corrected chi connectivity index (χ2v) is 7.89. The average Bonchev–Trinajstić information content (AvgIpc) is 3.36. The third kappa shape index (κ3) is 4.89. The van der Waals surface area contributed by atoms with Crippen LogP contribution in [0, 0.1) is 5.82 Å². The molecular weight excluding hydrogens is 371 g/mol. The predicted octanol–water partition coefficient (Wildman–Crippen LogP) is 1.83. The van der Waals surface area contributed by atoms with Crippen LogP contribution in [0.1, 0.15) is 36.6 Å². The Kier molecular flexibility index (Phi) is 6.01. The highest BCUT2D eigenvalue weighted by atomic mass is 19.1. The fraction of sp³-hybridized carbons (Fsp3) is 0.476. The van der Waals surface area contributed by atoms with E-state index in [1.165, 1.54) is 18.2 Å². The first-order valence-corrected chi connectivity index (χ1v) is 10.2. The highest BCUT2D eigenvalue weighted by molar-refractivity contribution is 5.91. The van der Waals surface area contributed by atoms with Crippen molar-refractivity contribution in [3.63, 3.8) is 0 Å². The lowest BCUT2D eigenvalue weighted by molar-refractivity contribution is -0.127. The lowest BCUT2D eigenvalue weighted by Crippen LogP contribution is -2.38. The Morgan fingerprint density at radius 1 is 1.21 bits per heavy atom. The second-order valence-electron chi connectivity index (χ2n) is 7.89. The van der Waals surface area contributed by atoms with Gasteiger partial charge in [0.2, 0.25) is 5.91 Å². The van der Waals surface area contributed by atoms with E-state index < -0.39 is 0 Å². The minimum atomic E-state index is -0.326. The Bertz CT molecular complexity index is 874. The van der Waals surface area contributed by atoms with Gasteiger partial charge in [-0.1, -0.05) is 23.4 Å². The third-order valence-corrected chi connectivity index (χ3v) is 5.71. The summed E-state index contributed by atoms with van der Waals surface area (Å²) in [5, 5.41) is 8.61. The Hall–Kier alpha value is -2.58. The van der Waals surface area contributed by atoms with Gasteiger partial charge in [0.15, 0.2) is 0 Å². The molecule has 8 heteroatoms. The highest BCUT2D eigenvalue weighted by Gasteiger charge is 2.25. The van der Waals surface area contributed by atoms with E-state index in [4.69, 9.17) is 5.73 Å². The molecule has 29 heavy (non-hydrogen) atoms. The SMILES string of the molecule is N[C@@H]1CCN(Cc2cn(C3CCN(C(=O)C=Cc4ccccc4F)CC3)nn2)C1. The largest absolute Gasteiger partial charge is 0.339 e. The van der Waals surface area contributed by atoms with Crippen molar-refractivity contribution >= 4 is 12.0 Å². The van der Waals surface area contributed by atoms with Crippen LogP contribution in [0.5, 0.6) is 0 Å². The summed E-state index contributed by atoms with van der Waals surface area (Å²) in [6, 6.07) is 6.94. The van der Waals surface area contributed by atoms with E-state index in [1.807, 2.05) is 10.9 Å². The summed E-state index contributed by atoms with van der Waals surface area (Å²) in [4.78, 5) is 16.5. The second kappa shape index (κ2) is 8.84. The number of nitrogens with two attached hydrogens (primary N) is 1. The number of piperidine rings is 1. The van der Waals surface area contributed by atoms with Crippen molar-refractivity contribution in [1.29, 1.82) is 0 Å². The van der Waals surface area contributed by atoms with Crippen molar-refractivity contribution in [3.8, 4) is 0 Å². The number of hydrogen-bond donors (Lipinski definition) is 1. The van der Waals surface area contributed by atoms with Crippen LogP contribution >= 0.6 is 0 Å². The lowest BCUT2D eigenvalue weighted by atomic mass is 10.1. The molecule has 2 aliphatic heterocycles. The molecule has 0 spiro atoms. The molecule has 2 aromatic rings. The van der Waals surface area contributed by atoms with Gasteiger partial charge >= 0.3 is 0 Å². The van der Waals surface area contributed by atoms with E-state index in [9.17, 15) is 9.18 Å². The van der Waals surface area contributed by atoms with Crippen molar-refractivity contribution in [2.75, 3.05) is 26.2 Å². The van der Waals surface area contributed by atoms with Crippen LogP contribution in [0.15, 0.2) is 36.5 Å². The number of amides is 1. The quantitative estimate of drug-likeness (QED) is 0.778. The zero-order chi connectivity index (χ0) is 20.2. The number of rotatable bonds is 5. The molecule has 0 aliphatic carbocycles. The van der Waals surface area contributed by atoms with Crippen LogP contribution < -0.4 is 5.73 Å². The zero-order valence-electron chi connectivity index (χ0n) is 16.5. The van der Waals surface area contributed by atoms with Crippen LogP contribution in [-0.4, -0.2) is 62.9 Å². The standard InChI is InChI=1S/C21H27FN6O/c22-20-4-2-1-3-16(20)5-6-21(29)27-11-8-19(9-12-27)28-15-18(24-25-28)14-26-10-7-17(23)13-26/h1-6,15,17,19H,7-14,23H2/t17-/m1/s1. The van der Waals surface area contributed by atoms with Gasteiger partial charge in [0.05, 0.1) is 17.9 Å². The predicted molar refractivity (Wildman–Crippen MR) is 108 cm³/mol. The van der Waals surface area contributed by atoms with Crippen LogP contribution in [0.3, 0.4) is 0 Å². The molecule has 1 aromatic heterocycles. The molecule has 1 amide bonds. The smallest absolute Gasteiger partial charge is 0.246 e. The molecule has 1 atom stereocenters. The Balaban J connectivity index is 1.28. The minimum absolute atomic E-state index is 0.0867. The summed E-state index contributed by atoms with van der Waals surface area (Å²) in [6.07, 6.45) is 7.70. The van der Waals surface area contributed by atoms with Gasteiger partial charge in [-0.15, -0.1) is 5.10 Å². The molecule has 2 fully saturated rings. The molecule has 0 bridgehead atoms. The normalized spacial score (nSPS) is 21.3. The maximum atomic E-state index is 13.7. The van der Waals surface area contributed by atoms with Gasteiger partial charge < -0.3 is 10.6 Å². The molecular formula is C21H27FN6O.